The number of aromatic amines is 1. The van der Waals surface area contributed by atoms with Crippen LogP contribution in [0.1, 0.15) is 35.5 Å². The summed E-state index contributed by atoms with van der Waals surface area (Å²) >= 11 is 0. The van der Waals surface area contributed by atoms with Crippen LogP contribution in [0.4, 0.5) is 11.4 Å². The van der Waals surface area contributed by atoms with Crippen LogP contribution in [0, 0.1) is 13.8 Å². The predicted octanol–water partition coefficient (Wildman–Crippen LogP) is 1.99. The molecule has 2 N–H and O–H groups in total. The molecule has 146 valence electrons. The Morgan fingerprint density at radius 1 is 1.29 bits per heavy atom. The highest BCUT2D eigenvalue weighted by Crippen LogP contribution is 2.29. The molecule has 8 heteroatoms. The van der Waals surface area contributed by atoms with Crippen molar-refractivity contribution in [3.05, 3.63) is 51.2 Å². The third-order valence-corrected chi connectivity index (χ3v) is 5.23. The van der Waals surface area contributed by atoms with Gasteiger partial charge in [-0.2, -0.15) is 9.50 Å². The number of nitrogens with zero attached hydrogens (tertiary/aromatic N) is 4. The summed E-state index contributed by atoms with van der Waals surface area (Å²) in [5.41, 5.74) is 4.20. The van der Waals surface area contributed by atoms with Crippen LogP contribution in [0.2, 0.25) is 0 Å². The average Bonchev–Trinajstić information content (AvgIpc) is 3.02. The molecule has 1 aromatic carbocycles. The van der Waals surface area contributed by atoms with E-state index in [9.17, 15) is 9.59 Å². The lowest BCUT2D eigenvalue weighted by Crippen LogP contribution is -2.25. The lowest BCUT2D eigenvalue weighted by molar-refractivity contribution is -0.116. The largest absolute Gasteiger partial charge is 0.374 e. The molecule has 0 saturated carbocycles. The van der Waals surface area contributed by atoms with Crippen LogP contribution in [-0.2, 0) is 17.6 Å². The highest BCUT2D eigenvalue weighted by atomic mass is 16.1. The SMILES string of the molecule is Cc1nc2nc(C)c(CCC(=O)Nc3ccc4c(c3)N(C)CCC4)c(=O)n2[nH]1. The fourth-order valence-corrected chi connectivity index (χ4v) is 3.75. The number of benzene rings is 1. The van der Waals surface area contributed by atoms with Gasteiger partial charge in [0.1, 0.15) is 5.82 Å². The number of fused-ring (bicyclic) bond motifs is 2. The highest BCUT2D eigenvalue weighted by Gasteiger charge is 2.16. The molecule has 0 bridgehead atoms. The number of amides is 1. The Kier molecular flexibility index (Phi) is 4.62. The minimum absolute atomic E-state index is 0.122. The van der Waals surface area contributed by atoms with Gasteiger partial charge in [0.2, 0.25) is 5.91 Å². The monoisotopic (exact) mass is 380 g/mol. The molecule has 1 aliphatic heterocycles. The van der Waals surface area contributed by atoms with Crippen molar-refractivity contribution in [3.8, 4) is 0 Å². The van der Waals surface area contributed by atoms with Crippen molar-refractivity contribution in [1.29, 1.82) is 0 Å². The minimum atomic E-state index is -0.202. The van der Waals surface area contributed by atoms with Gasteiger partial charge in [-0.05, 0) is 50.8 Å². The molecule has 0 spiro atoms. The zero-order chi connectivity index (χ0) is 19.8. The van der Waals surface area contributed by atoms with Gasteiger partial charge in [0.25, 0.3) is 11.3 Å². The Bertz CT molecular complexity index is 1110. The summed E-state index contributed by atoms with van der Waals surface area (Å²) in [5.74, 6) is 0.853. The molecule has 0 atom stereocenters. The van der Waals surface area contributed by atoms with Gasteiger partial charge in [0.05, 0.1) is 5.69 Å². The van der Waals surface area contributed by atoms with Crippen molar-refractivity contribution in [2.24, 2.45) is 0 Å². The first-order valence-corrected chi connectivity index (χ1v) is 9.51. The van der Waals surface area contributed by atoms with E-state index in [4.69, 9.17) is 0 Å². The molecule has 0 unspecified atom stereocenters. The van der Waals surface area contributed by atoms with Crippen molar-refractivity contribution in [2.75, 3.05) is 23.8 Å². The molecule has 2 aromatic heterocycles. The first-order chi connectivity index (χ1) is 13.4. The molecule has 3 heterocycles. The lowest BCUT2D eigenvalue weighted by atomic mass is 10.0. The normalized spacial score (nSPS) is 13.6. The van der Waals surface area contributed by atoms with E-state index in [-0.39, 0.29) is 17.9 Å². The number of aryl methyl sites for hydroxylation is 3. The summed E-state index contributed by atoms with van der Waals surface area (Å²) in [7, 11) is 2.07. The Balaban J connectivity index is 1.47. The minimum Gasteiger partial charge on any atom is -0.374 e. The van der Waals surface area contributed by atoms with Gasteiger partial charge in [-0.1, -0.05) is 6.07 Å². The van der Waals surface area contributed by atoms with Crippen LogP contribution < -0.4 is 15.8 Å². The Morgan fingerprint density at radius 2 is 2.11 bits per heavy atom. The van der Waals surface area contributed by atoms with E-state index in [1.807, 2.05) is 12.1 Å². The Hall–Kier alpha value is -3.16. The van der Waals surface area contributed by atoms with Crippen molar-refractivity contribution in [3.63, 3.8) is 0 Å². The van der Waals surface area contributed by atoms with E-state index >= 15 is 0 Å². The third kappa shape index (κ3) is 3.37. The lowest BCUT2D eigenvalue weighted by Gasteiger charge is -2.28. The number of nitrogens with one attached hydrogen (secondary N) is 2. The van der Waals surface area contributed by atoms with Crippen molar-refractivity contribution in [2.45, 2.75) is 39.5 Å². The van der Waals surface area contributed by atoms with E-state index in [0.29, 0.717) is 29.3 Å². The van der Waals surface area contributed by atoms with Crippen LogP contribution in [0.25, 0.3) is 5.78 Å². The molecular formula is C20H24N6O2. The molecule has 3 aromatic rings. The van der Waals surface area contributed by atoms with Gasteiger partial charge in [0, 0.05) is 37.0 Å². The van der Waals surface area contributed by atoms with E-state index < -0.39 is 0 Å². The van der Waals surface area contributed by atoms with Gasteiger partial charge in [0.15, 0.2) is 0 Å². The van der Waals surface area contributed by atoms with E-state index in [2.05, 4.69) is 38.4 Å². The number of H-pyrrole nitrogens is 1. The first kappa shape index (κ1) is 18.2. The molecule has 0 aliphatic carbocycles. The maximum absolute atomic E-state index is 12.6. The maximum Gasteiger partial charge on any atom is 0.277 e. The summed E-state index contributed by atoms with van der Waals surface area (Å²) in [5, 5.41) is 5.83. The molecule has 8 nitrogen and oxygen atoms in total. The second kappa shape index (κ2) is 7.10. The second-order valence-corrected chi connectivity index (χ2v) is 7.34. The Labute approximate surface area is 162 Å². The van der Waals surface area contributed by atoms with Crippen LogP contribution in [0.3, 0.4) is 0 Å². The van der Waals surface area contributed by atoms with Crippen molar-refractivity contribution in [1.82, 2.24) is 19.6 Å². The van der Waals surface area contributed by atoms with E-state index in [1.165, 1.54) is 15.8 Å². The predicted molar refractivity (Wildman–Crippen MR) is 108 cm³/mol. The van der Waals surface area contributed by atoms with E-state index in [0.717, 1.165) is 25.1 Å². The topological polar surface area (TPSA) is 95.4 Å². The second-order valence-electron chi connectivity index (χ2n) is 7.34. The third-order valence-electron chi connectivity index (χ3n) is 5.23. The molecule has 1 amide bonds. The van der Waals surface area contributed by atoms with Crippen LogP contribution >= 0.6 is 0 Å². The number of hydrogen-bond acceptors (Lipinski definition) is 5. The van der Waals surface area contributed by atoms with Crippen LogP contribution in [0.5, 0.6) is 0 Å². The van der Waals surface area contributed by atoms with Gasteiger partial charge >= 0.3 is 0 Å². The molecule has 0 radical (unpaired) electrons. The standard InChI is InChI=1S/C20H24N6O2/c1-12-16(19(28)26-20(21-12)22-13(2)24-26)8-9-18(27)23-15-7-6-14-5-4-10-25(3)17(14)11-15/h6-7,11H,4-5,8-10H2,1-3H3,(H,23,27)(H,21,22,24). The molecule has 0 fully saturated rings. The van der Waals surface area contributed by atoms with Gasteiger partial charge in [-0.25, -0.2) is 4.98 Å². The molecule has 28 heavy (non-hydrogen) atoms. The Morgan fingerprint density at radius 3 is 2.93 bits per heavy atom. The van der Waals surface area contributed by atoms with Gasteiger partial charge in [-0.15, -0.1) is 0 Å². The maximum atomic E-state index is 12.6. The zero-order valence-electron chi connectivity index (χ0n) is 16.4. The summed E-state index contributed by atoms with van der Waals surface area (Å²) in [4.78, 5) is 35.9. The number of rotatable bonds is 4. The zero-order valence-corrected chi connectivity index (χ0v) is 16.4. The summed E-state index contributed by atoms with van der Waals surface area (Å²) in [6, 6.07) is 6.04. The fourth-order valence-electron chi connectivity index (χ4n) is 3.75. The number of anilines is 2. The van der Waals surface area contributed by atoms with Gasteiger partial charge < -0.3 is 10.2 Å². The molecule has 0 saturated heterocycles. The van der Waals surface area contributed by atoms with Crippen LogP contribution in [-0.4, -0.2) is 39.1 Å². The number of carbonyl (C=O) groups excluding carboxylic acids is 1. The number of carbonyl (C=O) groups is 1. The average molecular weight is 380 g/mol. The summed E-state index contributed by atoms with van der Waals surface area (Å²) < 4.78 is 1.33. The van der Waals surface area contributed by atoms with Gasteiger partial charge in [-0.3, -0.25) is 14.7 Å². The summed E-state index contributed by atoms with van der Waals surface area (Å²) in [6.45, 7) is 4.57. The molecule has 4 rings (SSSR count). The quantitative estimate of drug-likeness (QED) is 0.722. The summed E-state index contributed by atoms with van der Waals surface area (Å²) in [6.07, 6.45) is 2.76. The smallest absolute Gasteiger partial charge is 0.277 e. The highest BCUT2D eigenvalue weighted by molar-refractivity contribution is 5.91. The van der Waals surface area contributed by atoms with Crippen LogP contribution in [0.15, 0.2) is 23.0 Å². The number of hydrogen-bond donors (Lipinski definition) is 2. The fraction of sp³-hybridized carbons (Fsp3) is 0.400. The van der Waals surface area contributed by atoms with Crippen molar-refractivity contribution >= 4 is 23.1 Å². The van der Waals surface area contributed by atoms with E-state index in [1.54, 1.807) is 13.8 Å². The first-order valence-electron chi connectivity index (χ1n) is 9.51. The van der Waals surface area contributed by atoms with Crippen molar-refractivity contribution < 1.29 is 4.79 Å². The molecule has 1 aliphatic rings. The molecular weight excluding hydrogens is 356 g/mol. The number of aromatic nitrogens is 4.